The zero-order valence-corrected chi connectivity index (χ0v) is 15.0. The maximum absolute atomic E-state index is 12.6. The first-order valence-electron chi connectivity index (χ1n) is 8.72. The van der Waals surface area contributed by atoms with E-state index in [1.807, 2.05) is 26.0 Å². The maximum atomic E-state index is 12.6. The topological polar surface area (TPSA) is 75.0 Å². The van der Waals surface area contributed by atoms with E-state index in [4.69, 9.17) is 18.6 Å². The monoisotopic (exact) mass is 366 g/mol. The van der Waals surface area contributed by atoms with Crippen molar-refractivity contribution in [1.82, 2.24) is 0 Å². The second kappa shape index (κ2) is 6.79. The second-order valence-corrected chi connectivity index (χ2v) is 6.34. The Hall–Kier alpha value is -3.28. The van der Waals surface area contributed by atoms with Gasteiger partial charge in [-0.15, -0.1) is 0 Å². The maximum Gasteiger partial charge on any atom is 0.356 e. The van der Waals surface area contributed by atoms with Crippen LogP contribution in [0.2, 0.25) is 0 Å². The molecular weight excluding hydrogens is 348 g/mol. The normalized spacial score (nSPS) is 15.6. The number of hydrogen-bond acceptors (Lipinski definition) is 6. The van der Waals surface area contributed by atoms with Crippen LogP contribution in [0.25, 0.3) is 11.0 Å². The second-order valence-electron chi connectivity index (χ2n) is 6.34. The molecule has 2 heterocycles. The number of fused-ring (bicyclic) bond motifs is 2. The van der Waals surface area contributed by atoms with Gasteiger partial charge >= 0.3 is 11.6 Å². The quantitative estimate of drug-likeness (QED) is 0.402. The Labute approximate surface area is 155 Å². The number of rotatable bonds is 3. The van der Waals surface area contributed by atoms with E-state index in [-0.39, 0.29) is 6.61 Å². The number of benzene rings is 2. The molecule has 0 aliphatic carbocycles. The summed E-state index contributed by atoms with van der Waals surface area (Å²) >= 11 is 0. The third-order valence-corrected chi connectivity index (χ3v) is 4.50. The van der Waals surface area contributed by atoms with E-state index < -0.39 is 17.7 Å². The lowest BCUT2D eigenvalue weighted by Crippen LogP contribution is -2.39. The van der Waals surface area contributed by atoms with Crippen molar-refractivity contribution in [2.75, 3.05) is 6.61 Å². The molecule has 0 amide bonds. The number of para-hydroxylation sites is 2. The Kier molecular flexibility index (Phi) is 4.32. The van der Waals surface area contributed by atoms with Crippen molar-refractivity contribution in [2.24, 2.45) is 0 Å². The Morgan fingerprint density at radius 2 is 1.96 bits per heavy atom. The molecule has 6 nitrogen and oxygen atoms in total. The summed E-state index contributed by atoms with van der Waals surface area (Å²) in [5.74, 6) is 0.889. The minimum absolute atomic E-state index is 0.0685. The lowest BCUT2D eigenvalue weighted by atomic mass is 10.1. The van der Waals surface area contributed by atoms with Gasteiger partial charge in [-0.05, 0) is 42.7 Å². The first-order valence-corrected chi connectivity index (χ1v) is 8.72. The molecule has 138 valence electrons. The van der Waals surface area contributed by atoms with Gasteiger partial charge in [0.1, 0.15) is 17.9 Å². The fraction of sp³-hybridized carbons (Fsp3) is 0.238. The Morgan fingerprint density at radius 1 is 1.19 bits per heavy atom. The highest BCUT2D eigenvalue weighted by Gasteiger charge is 2.29. The van der Waals surface area contributed by atoms with Gasteiger partial charge in [0.2, 0.25) is 6.10 Å². The smallest absolute Gasteiger partial charge is 0.356 e. The van der Waals surface area contributed by atoms with Crippen LogP contribution in [0.1, 0.15) is 18.1 Å². The summed E-state index contributed by atoms with van der Waals surface area (Å²) in [4.78, 5) is 24.2. The molecule has 0 spiro atoms. The van der Waals surface area contributed by atoms with Gasteiger partial charge in [-0.3, -0.25) is 0 Å². The first-order chi connectivity index (χ1) is 13.0. The molecular formula is C21H18O6. The Bertz CT molecular complexity index is 1080. The molecule has 0 saturated heterocycles. The van der Waals surface area contributed by atoms with Gasteiger partial charge in [-0.1, -0.05) is 19.1 Å². The fourth-order valence-corrected chi connectivity index (χ4v) is 3.07. The van der Waals surface area contributed by atoms with Gasteiger partial charge in [-0.2, -0.15) is 0 Å². The molecule has 1 atom stereocenters. The Balaban J connectivity index is 1.63. The summed E-state index contributed by atoms with van der Waals surface area (Å²) < 4.78 is 22.1. The van der Waals surface area contributed by atoms with Crippen LogP contribution in [-0.4, -0.2) is 18.7 Å². The summed E-state index contributed by atoms with van der Waals surface area (Å²) in [7, 11) is 0. The Morgan fingerprint density at radius 3 is 2.74 bits per heavy atom. The SMILES string of the molecule is CCc1cc2c(C)cc(=O)oc2cc1OC(=O)[C@@H]1COc2ccccc2O1. The lowest BCUT2D eigenvalue weighted by Gasteiger charge is -2.25. The van der Waals surface area contributed by atoms with Crippen molar-refractivity contribution in [3.05, 3.63) is 64.0 Å². The van der Waals surface area contributed by atoms with Crippen molar-refractivity contribution in [1.29, 1.82) is 0 Å². The molecule has 1 aliphatic heterocycles. The largest absolute Gasteiger partial charge is 0.485 e. The molecule has 3 aromatic rings. The minimum Gasteiger partial charge on any atom is -0.485 e. The summed E-state index contributed by atoms with van der Waals surface area (Å²) in [6, 6.07) is 12.1. The van der Waals surface area contributed by atoms with Crippen LogP contribution in [0.4, 0.5) is 0 Å². The zero-order valence-electron chi connectivity index (χ0n) is 15.0. The predicted octanol–water partition coefficient (Wildman–Crippen LogP) is 3.41. The van der Waals surface area contributed by atoms with E-state index in [2.05, 4.69) is 0 Å². The zero-order chi connectivity index (χ0) is 19.0. The van der Waals surface area contributed by atoms with Gasteiger partial charge in [0.25, 0.3) is 0 Å². The van der Waals surface area contributed by atoms with Gasteiger partial charge < -0.3 is 18.6 Å². The van der Waals surface area contributed by atoms with E-state index in [0.29, 0.717) is 29.3 Å². The number of esters is 1. The predicted molar refractivity (Wildman–Crippen MR) is 98.6 cm³/mol. The third kappa shape index (κ3) is 3.26. The molecule has 0 N–H and O–H groups in total. The van der Waals surface area contributed by atoms with Gasteiger partial charge in [0, 0.05) is 17.5 Å². The van der Waals surface area contributed by atoms with Crippen LogP contribution in [0.15, 0.2) is 51.7 Å². The fourth-order valence-electron chi connectivity index (χ4n) is 3.07. The van der Waals surface area contributed by atoms with Crippen molar-refractivity contribution in [3.8, 4) is 17.2 Å². The average Bonchev–Trinajstić information content (AvgIpc) is 2.67. The molecule has 1 aliphatic rings. The van der Waals surface area contributed by atoms with Crippen molar-refractivity contribution in [2.45, 2.75) is 26.4 Å². The standard InChI is InChI=1S/C21H18O6/c1-3-13-9-14-12(2)8-20(22)26-18(14)10-17(13)27-21(23)19-11-24-15-6-4-5-7-16(15)25-19/h4-10,19H,3,11H2,1-2H3/t19-/m0/s1. The number of carbonyl (C=O) groups excluding carboxylic acids is 1. The molecule has 2 aromatic carbocycles. The molecule has 0 saturated carbocycles. The van der Waals surface area contributed by atoms with Crippen molar-refractivity contribution in [3.63, 3.8) is 0 Å². The van der Waals surface area contributed by atoms with Gasteiger partial charge in [0.15, 0.2) is 11.5 Å². The van der Waals surface area contributed by atoms with Crippen LogP contribution in [0, 0.1) is 6.92 Å². The van der Waals surface area contributed by atoms with Gasteiger partial charge in [0.05, 0.1) is 0 Å². The highest BCUT2D eigenvalue weighted by Crippen LogP contribution is 2.32. The molecule has 27 heavy (non-hydrogen) atoms. The van der Waals surface area contributed by atoms with Crippen molar-refractivity contribution < 1.29 is 23.4 Å². The molecule has 4 rings (SSSR count). The average molecular weight is 366 g/mol. The number of hydrogen-bond donors (Lipinski definition) is 0. The molecule has 0 unspecified atom stereocenters. The van der Waals surface area contributed by atoms with E-state index in [0.717, 1.165) is 16.5 Å². The summed E-state index contributed by atoms with van der Waals surface area (Å²) in [5, 5.41) is 0.817. The van der Waals surface area contributed by atoms with Crippen LogP contribution in [0.3, 0.4) is 0 Å². The highest BCUT2D eigenvalue weighted by atomic mass is 16.6. The molecule has 6 heteroatoms. The molecule has 1 aromatic heterocycles. The van der Waals surface area contributed by atoms with Crippen LogP contribution in [0.5, 0.6) is 17.2 Å². The highest BCUT2D eigenvalue weighted by molar-refractivity contribution is 5.85. The van der Waals surface area contributed by atoms with Crippen LogP contribution in [-0.2, 0) is 11.2 Å². The van der Waals surface area contributed by atoms with Crippen LogP contribution >= 0.6 is 0 Å². The van der Waals surface area contributed by atoms with Crippen molar-refractivity contribution >= 4 is 16.9 Å². The summed E-state index contributed by atoms with van der Waals surface area (Å²) in [6.07, 6.45) is -0.216. The van der Waals surface area contributed by atoms with E-state index in [1.165, 1.54) is 6.07 Å². The van der Waals surface area contributed by atoms with E-state index >= 15 is 0 Å². The lowest BCUT2D eigenvalue weighted by molar-refractivity contribution is -0.144. The number of ether oxygens (including phenoxy) is 3. The number of carbonyl (C=O) groups is 1. The minimum atomic E-state index is -0.871. The molecule has 0 radical (unpaired) electrons. The summed E-state index contributed by atoms with van der Waals surface area (Å²) in [5.41, 5.74) is 1.59. The number of aryl methyl sites for hydroxylation is 2. The first kappa shape index (κ1) is 17.1. The molecule has 0 fully saturated rings. The van der Waals surface area contributed by atoms with Gasteiger partial charge in [-0.25, -0.2) is 9.59 Å². The third-order valence-electron chi connectivity index (χ3n) is 4.50. The van der Waals surface area contributed by atoms with E-state index in [1.54, 1.807) is 24.3 Å². The molecule has 0 bridgehead atoms. The van der Waals surface area contributed by atoms with Crippen LogP contribution < -0.4 is 19.8 Å². The van der Waals surface area contributed by atoms with E-state index in [9.17, 15) is 9.59 Å². The summed E-state index contributed by atoms with van der Waals surface area (Å²) in [6.45, 7) is 3.87.